The van der Waals surface area contributed by atoms with Gasteiger partial charge in [0.05, 0.1) is 31.5 Å². The monoisotopic (exact) mass is 336 g/mol. The minimum atomic E-state index is -0.0415. The average molecular weight is 336 g/mol. The first kappa shape index (κ1) is 16.0. The lowest BCUT2D eigenvalue weighted by Crippen LogP contribution is -2.47. The van der Waals surface area contributed by atoms with Crippen LogP contribution in [0, 0.1) is 13.8 Å². The minimum Gasteiger partial charge on any atom is -0.374 e. The molecule has 0 spiro atoms. The number of aryl methyl sites for hydroxylation is 2. The normalized spacial score (nSPS) is 19.0. The molecule has 0 aromatic carbocycles. The molecule has 0 radical (unpaired) electrons. The van der Waals surface area contributed by atoms with Crippen LogP contribution in [-0.2, 0) is 16.1 Å². The van der Waals surface area contributed by atoms with Gasteiger partial charge in [-0.3, -0.25) is 14.4 Å². The Bertz CT molecular complexity index is 637. The maximum absolute atomic E-state index is 12.2. The van der Waals surface area contributed by atoms with E-state index >= 15 is 0 Å². The molecule has 8 nitrogen and oxygen atoms in total. The summed E-state index contributed by atoms with van der Waals surface area (Å²) in [5.74, 6) is -0.0415. The molecular formula is C14H20N6O2S. The van der Waals surface area contributed by atoms with E-state index in [1.54, 1.807) is 11.0 Å². The van der Waals surface area contributed by atoms with Gasteiger partial charge in [-0.15, -0.1) is 11.3 Å². The first-order valence-electron chi connectivity index (χ1n) is 7.50. The van der Waals surface area contributed by atoms with Gasteiger partial charge in [0.25, 0.3) is 0 Å². The Morgan fingerprint density at radius 3 is 3.09 bits per heavy atom. The van der Waals surface area contributed by atoms with Crippen LogP contribution in [0.15, 0.2) is 12.7 Å². The van der Waals surface area contributed by atoms with Crippen molar-refractivity contribution in [1.29, 1.82) is 0 Å². The van der Waals surface area contributed by atoms with E-state index in [0.717, 1.165) is 17.1 Å². The van der Waals surface area contributed by atoms with Crippen molar-refractivity contribution in [3.05, 3.63) is 23.2 Å². The lowest BCUT2D eigenvalue weighted by Gasteiger charge is -2.32. The Morgan fingerprint density at radius 1 is 1.52 bits per heavy atom. The van der Waals surface area contributed by atoms with E-state index in [1.807, 2.05) is 13.8 Å². The molecule has 23 heavy (non-hydrogen) atoms. The van der Waals surface area contributed by atoms with Crippen LogP contribution in [0.1, 0.15) is 10.6 Å². The molecule has 3 heterocycles. The highest BCUT2D eigenvalue weighted by Crippen LogP contribution is 2.21. The molecule has 0 bridgehead atoms. The van der Waals surface area contributed by atoms with Gasteiger partial charge in [0, 0.05) is 18.0 Å². The van der Waals surface area contributed by atoms with Crippen molar-refractivity contribution < 1.29 is 9.53 Å². The van der Waals surface area contributed by atoms with Crippen molar-refractivity contribution in [2.45, 2.75) is 26.5 Å². The third-order valence-corrected chi connectivity index (χ3v) is 4.71. The Hall–Kier alpha value is -1.84. The van der Waals surface area contributed by atoms with E-state index in [-0.39, 0.29) is 12.0 Å². The lowest BCUT2D eigenvalue weighted by molar-refractivity contribution is -0.119. The van der Waals surface area contributed by atoms with E-state index in [4.69, 9.17) is 4.74 Å². The summed E-state index contributed by atoms with van der Waals surface area (Å²) in [7, 11) is 0. The summed E-state index contributed by atoms with van der Waals surface area (Å²) in [4.78, 5) is 23.6. The lowest BCUT2D eigenvalue weighted by atomic mass is 10.2. The van der Waals surface area contributed by atoms with Crippen LogP contribution in [0.2, 0.25) is 0 Å². The number of aromatic nitrogens is 4. The van der Waals surface area contributed by atoms with Gasteiger partial charge in [-0.25, -0.2) is 9.97 Å². The van der Waals surface area contributed by atoms with Crippen LogP contribution in [0.3, 0.4) is 0 Å². The third-order valence-electron chi connectivity index (χ3n) is 3.72. The molecule has 0 aliphatic carbocycles. The summed E-state index contributed by atoms with van der Waals surface area (Å²) in [6, 6.07) is 0. The first-order valence-corrected chi connectivity index (χ1v) is 8.32. The maximum Gasteiger partial charge on any atom is 0.240 e. The summed E-state index contributed by atoms with van der Waals surface area (Å²) < 4.78 is 7.47. The summed E-state index contributed by atoms with van der Waals surface area (Å²) in [5, 5.41) is 7.62. The van der Waals surface area contributed by atoms with E-state index in [9.17, 15) is 4.79 Å². The standard InChI is InChI=1S/C14H20N6O2S/c1-10-11(2)23-14(17-10)18-13(21)7-19-3-4-22-12(5-19)6-20-9-15-8-16-20/h8-9,12H,3-7H2,1-2H3,(H,17,18,21). The average Bonchev–Trinajstić information content (AvgIpc) is 3.10. The van der Waals surface area contributed by atoms with Crippen molar-refractivity contribution in [3.8, 4) is 0 Å². The Labute approximate surface area is 138 Å². The van der Waals surface area contributed by atoms with Crippen molar-refractivity contribution in [3.63, 3.8) is 0 Å². The summed E-state index contributed by atoms with van der Waals surface area (Å²) in [5.41, 5.74) is 0.963. The topological polar surface area (TPSA) is 85.2 Å². The zero-order chi connectivity index (χ0) is 16.2. The molecule has 124 valence electrons. The van der Waals surface area contributed by atoms with Crippen LogP contribution < -0.4 is 5.32 Å². The van der Waals surface area contributed by atoms with E-state index in [0.29, 0.717) is 31.4 Å². The van der Waals surface area contributed by atoms with Gasteiger partial charge in [-0.1, -0.05) is 0 Å². The molecule has 1 atom stereocenters. The molecule has 1 aliphatic heterocycles. The quantitative estimate of drug-likeness (QED) is 0.865. The second kappa shape index (κ2) is 7.16. The second-order valence-electron chi connectivity index (χ2n) is 5.55. The molecule has 9 heteroatoms. The summed E-state index contributed by atoms with van der Waals surface area (Å²) in [6.45, 7) is 6.98. The van der Waals surface area contributed by atoms with Crippen molar-refractivity contribution >= 4 is 22.4 Å². The van der Waals surface area contributed by atoms with E-state index in [2.05, 4.69) is 25.3 Å². The smallest absolute Gasteiger partial charge is 0.240 e. The van der Waals surface area contributed by atoms with Crippen molar-refractivity contribution in [2.75, 3.05) is 31.6 Å². The largest absolute Gasteiger partial charge is 0.374 e. The van der Waals surface area contributed by atoms with Gasteiger partial charge < -0.3 is 10.1 Å². The van der Waals surface area contributed by atoms with Crippen LogP contribution in [0.5, 0.6) is 0 Å². The number of rotatable bonds is 5. The molecule has 1 N–H and O–H groups in total. The van der Waals surface area contributed by atoms with Gasteiger partial charge in [-0.05, 0) is 13.8 Å². The number of thiazole rings is 1. The molecule has 1 fully saturated rings. The SMILES string of the molecule is Cc1nc(NC(=O)CN2CCOC(Cn3cncn3)C2)sc1C. The number of nitrogens with zero attached hydrogens (tertiary/aromatic N) is 5. The highest BCUT2D eigenvalue weighted by molar-refractivity contribution is 7.15. The number of amides is 1. The number of nitrogens with one attached hydrogen (secondary N) is 1. The Balaban J connectivity index is 1.49. The fourth-order valence-corrected chi connectivity index (χ4v) is 3.29. The zero-order valence-electron chi connectivity index (χ0n) is 13.2. The fourth-order valence-electron chi connectivity index (χ4n) is 2.46. The minimum absolute atomic E-state index is 0.0163. The molecule has 2 aromatic heterocycles. The molecule has 1 aliphatic rings. The van der Waals surface area contributed by atoms with Crippen LogP contribution in [0.4, 0.5) is 5.13 Å². The van der Waals surface area contributed by atoms with Crippen molar-refractivity contribution in [2.24, 2.45) is 0 Å². The number of anilines is 1. The van der Waals surface area contributed by atoms with Gasteiger partial charge >= 0.3 is 0 Å². The number of hydrogen-bond donors (Lipinski definition) is 1. The highest BCUT2D eigenvalue weighted by atomic mass is 32.1. The van der Waals surface area contributed by atoms with Gasteiger partial charge in [0.2, 0.25) is 5.91 Å². The highest BCUT2D eigenvalue weighted by Gasteiger charge is 2.23. The number of ether oxygens (including phenoxy) is 1. The number of carbonyl (C=O) groups is 1. The number of carbonyl (C=O) groups excluding carboxylic acids is 1. The summed E-state index contributed by atoms with van der Waals surface area (Å²) in [6.07, 6.45) is 3.19. The molecular weight excluding hydrogens is 316 g/mol. The van der Waals surface area contributed by atoms with Crippen LogP contribution >= 0.6 is 11.3 Å². The van der Waals surface area contributed by atoms with Gasteiger partial charge in [0.1, 0.15) is 12.7 Å². The third kappa shape index (κ3) is 4.34. The Kier molecular flexibility index (Phi) is 4.99. The molecule has 1 amide bonds. The van der Waals surface area contributed by atoms with Crippen LogP contribution in [-0.4, -0.2) is 62.9 Å². The maximum atomic E-state index is 12.2. The van der Waals surface area contributed by atoms with Gasteiger partial charge in [0.15, 0.2) is 5.13 Å². The number of hydrogen-bond acceptors (Lipinski definition) is 7. The molecule has 1 saturated heterocycles. The predicted molar refractivity (Wildman–Crippen MR) is 86.4 cm³/mol. The molecule has 1 unspecified atom stereocenters. The molecule has 2 aromatic rings. The summed E-state index contributed by atoms with van der Waals surface area (Å²) >= 11 is 1.50. The number of morpholine rings is 1. The van der Waals surface area contributed by atoms with E-state index in [1.165, 1.54) is 17.7 Å². The predicted octanol–water partition coefficient (Wildman–Crippen LogP) is 0.691. The first-order chi connectivity index (χ1) is 11.1. The van der Waals surface area contributed by atoms with Crippen molar-refractivity contribution in [1.82, 2.24) is 24.6 Å². The fraction of sp³-hybridized carbons (Fsp3) is 0.571. The molecule has 3 rings (SSSR count). The van der Waals surface area contributed by atoms with Crippen LogP contribution in [0.25, 0.3) is 0 Å². The van der Waals surface area contributed by atoms with E-state index < -0.39 is 0 Å². The second-order valence-corrected chi connectivity index (χ2v) is 6.76. The Morgan fingerprint density at radius 2 is 2.39 bits per heavy atom. The molecule has 0 saturated carbocycles. The van der Waals surface area contributed by atoms with Gasteiger partial charge in [-0.2, -0.15) is 5.10 Å². The zero-order valence-corrected chi connectivity index (χ0v) is 14.0.